The van der Waals surface area contributed by atoms with Crippen LogP contribution in [-0.4, -0.2) is 39.8 Å². The van der Waals surface area contributed by atoms with Gasteiger partial charge in [-0.3, -0.25) is 9.69 Å². The van der Waals surface area contributed by atoms with Crippen molar-refractivity contribution in [3.05, 3.63) is 42.1 Å². The van der Waals surface area contributed by atoms with Gasteiger partial charge in [0.2, 0.25) is 0 Å². The van der Waals surface area contributed by atoms with Crippen LogP contribution in [-0.2, 0) is 11.3 Å². The molecule has 1 aromatic heterocycles. The molecule has 3 rings (SSSR count). The Balaban J connectivity index is 1.69. The molecule has 0 radical (unpaired) electrons. The van der Waals surface area contributed by atoms with Crippen molar-refractivity contribution in [2.45, 2.75) is 25.0 Å². The van der Waals surface area contributed by atoms with Gasteiger partial charge in [0.15, 0.2) is 11.4 Å². The predicted molar refractivity (Wildman–Crippen MR) is 80.6 cm³/mol. The highest BCUT2D eigenvalue weighted by Gasteiger charge is 2.38. The first-order chi connectivity index (χ1) is 10.6. The lowest BCUT2D eigenvalue weighted by Gasteiger charge is -2.36. The van der Waals surface area contributed by atoms with Crippen LogP contribution in [0, 0.1) is 0 Å². The average Bonchev–Trinajstić information content (AvgIpc) is 2.97. The van der Waals surface area contributed by atoms with Crippen LogP contribution in [0.5, 0.6) is 0 Å². The second-order valence-electron chi connectivity index (χ2n) is 5.76. The number of primary amides is 1. The Labute approximate surface area is 128 Å². The zero-order valence-corrected chi connectivity index (χ0v) is 12.2. The summed E-state index contributed by atoms with van der Waals surface area (Å²) in [4.78, 5) is 13.3. The van der Waals surface area contributed by atoms with Crippen molar-refractivity contribution < 1.29 is 14.4 Å². The molecule has 22 heavy (non-hydrogen) atoms. The van der Waals surface area contributed by atoms with Crippen LogP contribution in [0.25, 0.3) is 11.3 Å². The largest absolute Gasteiger partial charge is 0.379 e. The third-order valence-corrected chi connectivity index (χ3v) is 4.01. The highest BCUT2D eigenvalue weighted by Crippen LogP contribution is 2.24. The maximum Gasteiger partial charge on any atom is 0.250 e. The first-order valence-electron chi connectivity index (χ1n) is 7.32. The summed E-state index contributed by atoms with van der Waals surface area (Å²) in [5.41, 5.74) is 5.58. The van der Waals surface area contributed by atoms with Crippen LogP contribution < -0.4 is 5.73 Å². The molecule has 116 valence electrons. The number of benzene rings is 1. The first-order valence-corrected chi connectivity index (χ1v) is 7.32. The molecule has 2 aromatic rings. The molecule has 1 aliphatic heterocycles. The Morgan fingerprint density at radius 2 is 2.18 bits per heavy atom. The third kappa shape index (κ3) is 3.03. The monoisotopic (exact) mass is 301 g/mol. The van der Waals surface area contributed by atoms with Crippen LogP contribution >= 0.6 is 0 Å². The fourth-order valence-electron chi connectivity index (χ4n) is 2.81. The molecule has 0 bridgehead atoms. The maximum absolute atomic E-state index is 11.4. The van der Waals surface area contributed by atoms with E-state index in [1.54, 1.807) is 0 Å². The van der Waals surface area contributed by atoms with Crippen molar-refractivity contribution in [1.82, 2.24) is 10.1 Å². The van der Waals surface area contributed by atoms with E-state index in [-0.39, 0.29) is 6.54 Å². The standard InChI is InChI=1S/C16H19N3O3/c17-15(20)16(21)7-4-8-19(11-16)10-13-9-14(22-18-13)12-5-2-1-3-6-12/h1-3,5-6,9,21H,4,7-8,10-11H2,(H2,17,20). The molecule has 1 unspecified atom stereocenters. The van der Waals surface area contributed by atoms with Gasteiger partial charge in [0.25, 0.3) is 5.91 Å². The van der Waals surface area contributed by atoms with E-state index < -0.39 is 11.5 Å². The molecule has 1 saturated heterocycles. The zero-order valence-electron chi connectivity index (χ0n) is 12.2. The first kappa shape index (κ1) is 14.7. The number of aromatic nitrogens is 1. The van der Waals surface area contributed by atoms with E-state index in [1.807, 2.05) is 41.3 Å². The number of carbonyl (C=O) groups excluding carboxylic acids is 1. The van der Waals surface area contributed by atoms with E-state index in [9.17, 15) is 9.90 Å². The highest BCUT2D eigenvalue weighted by atomic mass is 16.5. The molecule has 0 aliphatic carbocycles. The second-order valence-corrected chi connectivity index (χ2v) is 5.76. The Bertz CT molecular complexity index is 656. The Hall–Kier alpha value is -2.18. The summed E-state index contributed by atoms with van der Waals surface area (Å²) in [7, 11) is 0. The van der Waals surface area contributed by atoms with Gasteiger partial charge in [-0.25, -0.2) is 0 Å². The second kappa shape index (κ2) is 5.90. The molecular weight excluding hydrogens is 282 g/mol. The molecule has 3 N–H and O–H groups in total. The number of hydrogen-bond donors (Lipinski definition) is 2. The van der Waals surface area contributed by atoms with E-state index in [4.69, 9.17) is 10.3 Å². The lowest BCUT2D eigenvalue weighted by molar-refractivity contribution is -0.142. The molecule has 1 aromatic carbocycles. The minimum absolute atomic E-state index is 0.232. The number of β-amino-alcohol motifs (C(OH)–C–C–N with tert-alkyl or cyclic N) is 1. The number of nitrogens with two attached hydrogens (primary N) is 1. The van der Waals surface area contributed by atoms with Gasteiger partial charge in [-0.1, -0.05) is 35.5 Å². The number of amides is 1. The number of carbonyl (C=O) groups is 1. The summed E-state index contributed by atoms with van der Waals surface area (Å²) in [6.45, 7) is 1.55. The van der Waals surface area contributed by atoms with Gasteiger partial charge in [0.05, 0.1) is 5.69 Å². The smallest absolute Gasteiger partial charge is 0.250 e. The SMILES string of the molecule is NC(=O)C1(O)CCCN(Cc2cc(-c3ccccc3)on2)C1. The van der Waals surface area contributed by atoms with Crippen molar-refractivity contribution in [1.29, 1.82) is 0 Å². The molecule has 1 amide bonds. The molecule has 1 atom stereocenters. The summed E-state index contributed by atoms with van der Waals surface area (Å²) >= 11 is 0. The number of piperidine rings is 1. The zero-order chi connectivity index (χ0) is 15.6. The topological polar surface area (TPSA) is 92.6 Å². The van der Waals surface area contributed by atoms with Crippen LogP contribution in [0.3, 0.4) is 0 Å². The number of nitrogens with zero attached hydrogens (tertiary/aromatic N) is 2. The van der Waals surface area contributed by atoms with Crippen LogP contribution in [0.2, 0.25) is 0 Å². The van der Waals surface area contributed by atoms with Crippen LogP contribution in [0.1, 0.15) is 18.5 Å². The lowest BCUT2D eigenvalue weighted by atomic mass is 9.92. The normalized spacial score (nSPS) is 22.6. The van der Waals surface area contributed by atoms with Gasteiger partial charge in [-0.2, -0.15) is 0 Å². The van der Waals surface area contributed by atoms with Gasteiger partial charge in [0.1, 0.15) is 0 Å². The molecule has 1 fully saturated rings. The van der Waals surface area contributed by atoms with E-state index in [2.05, 4.69) is 5.16 Å². The van der Waals surface area contributed by atoms with Gasteiger partial charge in [-0.15, -0.1) is 0 Å². The summed E-state index contributed by atoms with van der Waals surface area (Å²) in [5, 5.41) is 14.3. The van der Waals surface area contributed by atoms with E-state index in [1.165, 1.54) is 0 Å². The molecule has 6 nitrogen and oxygen atoms in total. The Kier molecular flexibility index (Phi) is 3.96. The van der Waals surface area contributed by atoms with Gasteiger partial charge in [0, 0.05) is 24.7 Å². The summed E-state index contributed by atoms with van der Waals surface area (Å²) in [6, 6.07) is 11.6. The van der Waals surface area contributed by atoms with E-state index in [0.29, 0.717) is 18.7 Å². The minimum Gasteiger partial charge on any atom is -0.379 e. The van der Waals surface area contributed by atoms with E-state index >= 15 is 0 Å². The Morgan fingerprint density at radius 1 is 1.41 bits per heavy atom. The molecular formula is C16H19N3O3. The van der Waals surface area contributed by atoms with Crippen molar-refractivity contribution in [2.75, 3.05) is 13.1 Å². The van der Waals surface area contributed by atoms with Crippen molar-refractivity contribution in [3.63, 3.8) is 0 Å². The molecule has 0 saturated carbocycles. The third-order valence-electron chi connectivity index (χ3n) is 4.01. The average molecular weight is 301 g/mol. The number of rotatable bonds is 4. The fourth-order valence-corrected chi connectivity index (χ4v) is 2.81. The molecule has 6 heteroatoms. The minimum atomic E-state index is -1.44. The van der Waals surface area contributed by atoms with Crippen molar-refractivity contribution in [2.24, 2.45) is 5.73 Å². The summed E-state index contributed by atoms with van der Waals surface area (Å²) in [5.74, 6) is 0.0418. The van der Waals surface area contributed by atoms with Crippen molar-refractivity contribution >= 4 is 5.91 Å². The van der Waals surface area contributed by atoms with Gasteiger partial charge < -0.3 is 15.4 Å². The van der Waals surface area contributed by atoms with Gasteiger partial charge in [-0.05, 0) is 19.4 Å². The number of likely N-dealkylation sites (tertiary alicyclic amines) is 1. The quantitative estimate of drug-likeness (QED) is 0.884. The molecule has 1 aliphatic rings. The molecule has 2 heterocycles. The summed E-state index contributed by atoms with van der Waals surface area (Å²) in [6.07, 6.45) is 1.13. The summed E-state index contributed by atoms with van der Waals surface area (Å²) < 4.78 is 5.36. The number of aliphatic hydroxyl groups is 1. The maximum atomic E-state index is 11.4. The van der Waals surface area contributed by atoms with Crippen LogP contribution in [0.15, 0.2) is 40.9 Å². The lowest BCUT2D eigenvalue weighted by Crippen LogP contribution is -2.55. The Morgan fingerprint density at radius 3 is 2.91 bits per heavy atom. The predicted octanol–water partition coefficient (Wildman–Crippen LogP) is 1.15. The van der Waals surface area contributed by atoms with Crippen molar-refractivity contribution in [3.8, 4) is 11.3 Å². The fraction of sp³-hybridized carbons (Fsp3) is 0.375. The van der Waals surface area contributed by atoms with Crippen LogP contribution in [0.4, 0.5) is 0 Å². The number of hydrogen-bond acceptors (Lipinski definition) is 5. The van der Waals surface area contributed by atoms with E-state index in [0.717, 1.165) is 24.2 Å². The highest BCUT2D eigenvalue weighted by molar-refractivity contribution is 5.83. The molecule has 0 spiro atoms. The van der Waals surface area contributed by atoms with Gasteiger partial charge >= 0.3 is 0 Å².